The van der Waals surface area contributed by atoms with Gasteiger partial charge in [0, 0.05) is 19.7 Å². The summed E-state index contributed by atoms with van der Waals surface area (Å²) in [5.74, 6) is 2.71. The van der Waals surface area contributed by atoms with Crippen LogP contribution in [0.4, 0.5) is 5.82 Å². The molecule has 14 heavy (non-hydrogen) atoms. The van der Waals surface area contributed by atoms with Gasteiger partial charge in [-0.25, -0.2) is 9.97 Å². The van der Waals surface area contributed by atoms with Gasteiger partial charge in [-0.2, -0.15) is 0 Å². The molecule has 3 nitrogen and oxygen atoms in total. The molecular formula is C10H14BrN3. The summed E-state index contributed by atoms with van der Waals surface area (Å²) < 4.78 is 0.864. The van der Waals surface area contributed by atoms with E-state index in [1.54, 1.807) is 0 Å². The monoisotopic (exact) mass is 255 g/mol. The summed E-state index contributed by atoms with van der Waals surface area (Å²) in [6.07, 6.45) is 2.74. The summed E-state index contributed by atoms with van der Waals surface area (Å²) in [5, 5.41) is 0. The molecule has 1 aliphatic carbocycles. The summed E-state index contributed by atoms with van der Waals surface area (Å²) in [6, 6.07) is 1.97. The second-order valence-electron chi connectivity index (χ2n) is 3.92. The smallest absolute Gasteiger partial charge is 0.133 e. The van der Waals surface area contributed by atoms with Crippen molar-refractivity contribution in [2.75, 3.05) is 18.5 Å². The molecule has 1 saturated carbocycles. The Morgan fingerprint density at radius 1 is 1.50 bits per heavy atom. The molecule has 0 aliphatic heterocycles. The number of nitrogens with zero attached hydrogens (tertiary/aromatic N) is 3. The molecule has 0 radical (unpaired) electrons. The second kappa shape index (κ2) is 3.85. The van der Waals surface area contributed by atoms with E-state index in [4.69, 9.17) is 0 Å². The minimum atomic E-state index is 0.817. The van der Waals surface area contributed by atoms with E-state index in [0.29, 0.717) is 0 Å². The molecule has 1 aromatic heterocycles. The lowest BCUT2D eigenvalue weighted by Crippen LogP contribution is -2.21. The first-order chi connectivity index (χ1) is 6.65. The molecule has 0 bridgehead atoms. The average Bonchev–Trinajstić information content (AvgIpc) is 2.86. The van der Waals surface area contributed by atoms with Gasteiger partial charge in [-0.3, -0.25) is 0 Å². The highest BCUT2D eigenvalue weighted by molar-refractivity contribution is 9.10. The van der Waals surface area contributed by atoms with Crippen LogP contribution in [0.3, 0.4) is 0 Å². The fraction of sp³-hybridized carbons (Fsp3) is 0.600. The number of anilines is 1. The molecule has 1 fully saturated rings. The van der Waals surface area contributed by atoms with Gasteiger partial charge in [0.25, 0.3) is 0 Å². The molecule has 0 N–H and O–H groups in total. The standard InChI is InChI=1S/C10H14BrN3/c1-7-12-9(11)5-10(13-7)14(2)6-8-3-4-8/h5,8H,3-4,6H2,1-2H3. The molecule has 1 aliphatic rings. The summed E-state index contributed by atoms with van der Waals surface area (Å²) in [6.45, 7) is 3.03. The highest BCUT2D eigenvalue weighted by Gasteiger charge is 2.23. The highest BCUT2D eigenvalue weighted by Crippen LogP contribution is 2.30. The fourth-order valence-electron chi connectivity index (χ4n) is 1.49. The Kier molecular flexibility index (Phi) is 2.72. The molecular weight excluding hydrogens is 242 g/mol. The van der Waals surface area contributed by atoms with Crippen LogP contribution in [-0.2, 0) is 0 Å². The summed E-state index contributed by atoms with van der Waals surface area (Å²) in [4.78, 5) is 10.8. The SMILES string of the molecule is Cc1nc(Br)cc(N(C)CC2CC2)n1. The van der Waals surface area contributed by atoms with Crippen molar-refractivity contribution in [2.45, 2.75) is 19.8 Å². The zero-order valence-electron chi connectivity index (χ0n) is 8.50. The van der Waals surface area contributed by atoms with Crippen LogP contribution in [0.15, 0.2) is 10.7 Å². The van der Waals surface area contributed by atoms with E-state index in [2.05, 4.69) is 37.8 Å². The lowest BCUT2D eigenvalue weighted by Gasteiger charge is -2.17. The second-order valence-corrected chi connectivity index (χ2v) is 4.73. The molecule has 2 rings (SSSR count). The van der Waals surface area contributed by atoms with Crippen molar-refractivity contribution in [2.24, 2.45) is 5.92 Å². The van der Waals surface area contributed by atoms with Crippen molar-refractivity contribution < 1.29 is 0 Å². The van der Waals surface area contributed by atoms with E-state index in [1.807, 2.05) is 13.0 Å². The van der Waals surface area contributed by atoms with Gasteiger partial charge in [0.05, 0.1) is 0 Å². The average molecular weight is 256 g/mol. The third-order valence-electron chi connectivity index (χ3n) is 2.41. The highest BCUT2D eigenvalue weighted by atomic mass is 79.9. The zero-order chi connectivity index (χ0) is 10.1. The van der Waals surface area contributed by atoms with Crippen LogP contribution in [0.5, 0.6) is 0 Å². The number of hydrogen-bond acceptors (Lipinski definition) is 3. The lowest BCUT2D eigenvalue weighted by molar-refractivity contribution is 0.771. The van der Waals surface area contributed by atoms with Crippen molar-refractivity contribution in [3.05, 3.63) is 16.5 Å². The van der Waals surface area contributed by atoms with Crippen LogP contribution in [0.2, 0.25) is 0 Å². The summed E-state index contributed by atoms with van der Waals surface area (Å²) in [7, 11) is 2.09. The third-order valence-corrected chi connectivity index (χ3v) is 2.82. The van der Waals surface area contributed by atoms with E-state index in [-0.39, 0.29) is 0 Å². The first-order valence-electron chi connectivity index (χ1n) is 4.87. The Labute approximate surface area is 92.7 Å². The Morgan fingerprint density at radius 3 is 2.79 bits per heavy atom. The van der Waals surface area contributed by atoms with Crippen LogP contribution in [-0.4, -0.2) is 23.6 Å². The molecule has 4 heteroatoms. The molecule has 0 aromatic carbocycles. The Bertz CT molecular complexity index is 316. The topological polar surface area (TPSA) is 29.0 Å². The van der Waals surface area contributed by atoms with E-state index in [1.165, 1.54) is 12.8 Å². The van der Waals surface area contributed by atoms with Crippen LogP contribution >= 0.6 is 15.9 Å². The van der Waals surface area contributed by atoms with Gasteiger partial charge in [0.15, 0.2) is 0 Å². The summed E-state index contributed by atoms with van der Waals surface area (Å²) in [5.41, 5.74) is 0. The maximum Gasteiger partial charge on any atom is 0.133 e. The minimum absolute atomic E-state index is 0.817. The molecule has 0 spiro atoms. The van der Waals surface area contributed by atoms with Crippen LogP contribution < -0.4 is 4.90 Å². The lowest BCUT2D eigenvalue weighted by atomic mass is 10.4. The van der Waals surface area contributed by atoms with Crippen molar-refractivity contribution in [3.63, 3.8) is 0 Å². The van der Waals surface area contributed by atoms with E-state index in [0.717, 1.165) is 28.7 Å². The molecule has 0 unspecified atom stereocenters. The fourth-order valence-corrected chi connectivity index (χ4v) is 1.95. The minimum Gasteiger partial charge on any atom is -0.359 e. The molecule has 1 aromatic rings. The number of rotatable bonds is 3. The van der Waals surface area contributed by atoms with Gasteiger partial charge in [-0.15, -0.1) is 0 Å². The maximum absolute atomic E-state index is 4.40. The number of aryl methyl sites for hydroxylation is 1. The van der Waals surface area contributed by atoms with Crippen LogP contribution in [0, 0.1) is 12.8 Å². The molecule has 0 saturated heterocycles. The van der Waals surface area contributed by atoms with Crippen molar-refractivity contribution in [1.82, 2.24) is 9.97 Å². The van der Waals surface area contributed by atoms with Gasteiger partial charge in [0.2, 0.25) is 0 Å². The quantitative estimate of drug-likeness (QED) is 0.777. The molecule has 1 heterocycles. The van der Waals surface area contributed by atoms with Crippen LogP contribution in [0.25, 0.3) is 0 Å². The van der Waals surface area contributed by atoms with Crippen molar-refractivity contribution in [3.8, 4) is 0 Å². The van der Waals surface area contributed by atoms with E-state index >= 15 is 0 Å². The Morgan fingerprint density at radius 2 is 2.21 bits per heavy atom. The number of hydrogen-bond donors (Lipinski definition) is 0. The Hall–Kier alpha value is -0.640. The van der Waals surface area contributed by atoms with Gasteiger partial charge in [0.1, 0.15) is 16.2 Å². The summed E-state index contributed by atoms with van der Waals surface area (Å²) >= 11 is 3.39. The van der Waals surface area contributed by atoms with Crippen molar-refractivity contribution in [1.29, 1.82) is 0 Å². The van der Waals surface area contributed by atoms with Gasteiger partial charge < -0.3 is 4.90 Å². The Balaban J connectivity index is 2.12. The zero-order valence-corrected chi connectivity index (χ0v) is 10.1. The van der Waals surface area contributed by atoms with Gasteiger partial charge >= 0.3 is 0 Å². The van der Waals surface area contributed by atoms with Gasteiger partial charge in [-0.05, 0) is 41.6 Å². The van der Waals surface area contributed by atoms with Crippen LogP contribution in [0.1, 0.15) is 18.7 Å². The van der Waals surface area contributed by atoms with E-state index in [9.17, 15) is 0 Å². The normalized spacial score (nSPS) is 15.6. The molecule has 76 valence electrons. The first-order valence-corrected chi connectivity index (χ1v) is 5.67. The van der Waals surface area contributed by atoms with E-state index < -0.39 is 0 Å². The number of aromatic nitrogens is 2. The molecule has 0 atom stereocenters. The first kappa shape index (κ1) is 9.90. The maximum atomic E-state index is 4.40. The third kappa shape index (κ3) is 2.44. The number of halogens is 1. The predicted molar refractivity (Wildman–Crippen MR) is 60.5 cm³/mol. The van der Waals surface area contributed by atoms with Gasteiger partial charge in [-0.1, -0.05) is 0 Å². The molecule has 0 amide bonds. The van der Waals surface area contributed by atoms with Crippen molar-refractivity contribution >= 4 is 21.7 Å². The predicted octanol–water partition coefficient (Wildman–Crippen LogP) is 2.39. The largest absolute Gasteiger partial charge is 0.359 e.